The fourth-order valence-electron chi connectivity index (χ4n) is 3.85. The largest absolute Gasteiger partial charge is 0.507 e. The van der Waals surface area contributed by atoms with E-state index < -0.39 is 17.7 Å². The van der Waals surface area contributed by atoms with Gasteiger partial charge in [0, 0.05) is 16.6 Å². The second-order valence-electron chi connectivity index (χ2n) is 7.28. The summed E-state index contributed by atoms with van der Waals surface area (Å²) < 4.78 is 10.7. The Morgan fingerprint density at radius 3 is 2.77 bits per heavy atom. The van der Waals surface area contributed by atoms with Crippen molar-refractivity contribution in [1.29, 1.82) is 0 Å². The molecule has 5 rings (SSSR count). The van der Waals surface area contributed by atoms with E-state index in [0.717, 1.165) is 10.4 Å². The third kappa shape index (κ3) is 3.25. The molecule has 0 spiro atoms. The smallest absolute Gasteiger partial charge is 0.296 e. The first-order valence-electron chi connectivity index (χ1n) is 9.67. The Hall–Kier alpha value is -3.65. The normalized spacial score (nSPS) is 19.3. The molecule has 1 atom stereocenters. The molecular weight excluding hydrogens is 416 g/mol. The number of ketones is 1. The van der Waals surface area contributed by atoms with Crippen LogP contribution in [0.3, 0.4) is 0 Å². The van der Waals surface area contributed by atoms with E-state index in [2.05, 4.69) is 4.98 Å². The van der Waals surface area contributed by atoms with Gasteiger partial charge in [0.2, 0.25) is 6.79 Å². The van der Waals surface area contributed by atoms with Gasteiger partial charge in [-0.05, 0) is 54.3 Å². The maximum Gasteiger partial charge on any atom is 0.296 e. The average Bonchev–Trinajstić information content (AvgIpc) is 3.48. The third-order valence-electron chi connectivity index (χ3n) is 5.39. The predicted octanol–water partition coefficient (Wildman–Crippen LogP) is 3.80. The van der Waals surface area contributed by atoms with Crippen LogP contribution in [-0.2, 0) is 16.1 Å². The summed E-state index contributed by atoms with van der Waals surface area (Å²) in [5.41, 5.74) is 2.05. The van der Waals surface area contributed by atoms with E-state index in [1.54, 1.807) is 36.5 Å². The van der Waals surface area contributed by atoms with Gasteiger partial charge in [0.25, 0.3) is 11.7 Å². The zero-order chi connectivity index (χ0) is 21.5. The first-order chi connectivity index (χ1) is 15.0. The maximum absolute atomic E-state index is 13.1. The molecule has 1 saturated heterocycles. The molecule has 0 saturated carbocycles. The molecular formula is C23H18N2O5S. The number of aliphatic hydroxyl groups is 1. The van der Waals surface area contributed by atoms with Gasteiger partial charge in [-0.2, -0.15) is 0 Å². The van der Waals surface area contributed by atoms with Crippen molar-refractivity contribution in [2.45, 2.75) is 19.5 Å². The lowest BCUT2D eigenvalue weighted by Crippen LogP contribution is -2.29. The van der Waals surface area contributed by atoms with Crippen LogP contribution in [0, 0.1) is 6.92 Å². The molecule has 0 aliphatic carbocycles. The summed E-state index contributed by atoms with van der Waals surface area (Å²) in [7, 11) is 0. The van der Waals surface area contributed by atoms with Crippen molar-refractivity contribution in [1.82, 2.24) is 9.88 Å². The fourth-order valence-corrected chi connectivity index (χ4v) is 4.89. The Kier molecular flexibility index (Phi) is 4.71. The molecule has 4 heterocycles. The number of amides is 1. The minimum Gasteiger partial charge on any atom is -0.507 e. The molecule has 1 aromatic carbocycles. The first kappa shape index (κ1) is 19.3. The Labute approximate surface area is 182 Å². The number of rotatable bonds is 4. The van der Waals surface area contributed by atoms with Crippen molar-refractivity contribution in [3.05, 3.63) is 81.3 Å². The van der Waals surface area contributed by atoms with Gasteiger partial charge in [0.05, 0.1) is 17.8 Å². The van der Waals surface area contributed by atoms with Crippen LogP contribution in [0.25, 0.3) is 5.76 Å². The monoisotopic (exact) mass is 434 g/mol. The van der Waals surface area contributed by atoms with Gasteiger partial charge in [-0.25, -0.2) is 0 Å². The van der Waals surface area contributed by atoms with Gasteiger partial charge >= 0.3 is 0 Å². The topological polar surface area (TPSA) is 89.0 Å². The number of nitrogens with zero attached hydrogens (tertiary/aromatic N) is 2. The van der Waals surface area contributed by atoms with Crippen LogP contribution in [-0.4, -0.2) is 33.5 Å². The number of thiophene rings is 1. The molecule has 1 amide bonds. The Morgan fingerprint density at radius 2 is 2.03 bits per heavy atom. The number of pyridine rings is 1. The molecule has 156 valence electrons. The number of carbonyl (C=O) groups is 2. The Morgan fingerprint density at radius 1 is 1.19 bits per heavy atom. The quantitative estimate of drug-likeness (QED) is 0.382. The fraction of sp³-hybridized carbons (Fsp3) is 0.174. The highest BCUT2D eigenvalue weighted by atomic mass is 32.1. The lowest BCUT2D eigenvalue weighted by atomic mass is 9.98. The lowest BCUT2D eigenvalue weighted by Gasteiger charge is -2.24. The number of aromatic nitrogens is 1. The van der Waals surface area contributed by atoms with Crippen LogP contribution in [0.5, 0.6) is 11.5 Å². The van der Waals surface area contributed by atoms with Gasteiger partial charge in [0.1, 0.15) is 11.8 Å². The van der Waals surface area contributed by atoms with Crippen molar-refractivity contribution in [3.63, 3.8) is 0 Å². The van der Waals surface area contributed by atoms with Crippen molar-refractivity contribution < 1.29 is 24.2 Å². The minimum atomic E-state index is -0.719. The summed E-state index contributed by atoms with van der Waals surface area (Å²) in [5, 5.41) is 13.1. The molecule has 1 N–H and O–H groups in total. The standard InChI is InChI=1S/C23H18N2O5S/c1-13-7-9-31-22(13)19-18(20(26)14-5-6-16-17(10-14)30-12-29-16)21(27)23(28)25(19)11-15-4-2-3-8-24-15/h2-10,19,26H,11-12H2,1H3/b20-18-. The molecule has 7 nitrogen and oxygen atoms in total. The van der Waals surface area contributed by atoms with Crippen LogP contribution >= 0.6 is 11.3 Å². The number of aryl methyl sites for hydroxylation is 1. The molecule has 0 radical (unpaired) electrons. The van der Waals surface area contributed by atoms with Crippen molar-refractivity contribution in [2.24, 2.45) is 0 Å². The Balaban J connectivity index is 1.64. The van der Waals surface area contributed by atoms with Gasteiger partial charge in [-0.15, -0.1) is 11.3 Å². The second kappa shape index (κ2) is 7.55. The number of aliphatic hydroxyl groups excluding tert-OH is 1. The predicted molar refractivity (Wildman–Crippen MR) is 114 cm³/mol. The summed E-state index contributed by atoms with van der Waals surface area (Å²) in [4.78, 5) is 32.7. The zero-order valence-corrected chi connectivity index (χ0v) is 17.4. The van der Waals surface area contributed by atoms with Crippen LogP contribution in [0.15, 0.2) is 59.6 Å². The van der Waals surface area contributed by atoms with Crippen LogP contribution in [0.2, 0.25) is 0 Å². The molecule has 8 heteroatoms. The van der Waals surface area contributed by atoms with E-state index in [1.165, 1.54) is 16.2 Å². The van der Waals surface area contributed by atoms with Gasteiger partial charge in [-0.3, -0.25) is 14.6 Å². The Bertz CT molecular complexity index is 1220. The van der Waals surface area contributed by atoms with Crippen LogP contribution < -0.4 is 9.47 Å². The van der Waals surface area contributed by atoms with E-state index in [4.69, 9.17) is 9.47 Å². The summed E-state index contributed by atoms with van der Waals surface area (Å²) in [6, 6.07) is 11.6. The molecule has 1 unspecified atom stereocenters. The van der Waals surface area contributed by atoms with Crippen molar-refractivity contribution in [3.8, 4) is 11.5 Å². The second-order valence-corrected chi connectivity index (χ2v) is 8.23. The lowest BCUT2D eigenvalue weighted by molar-refractivity contribution is -0.140. The number of benzene rings is 1. The highest BCUT2D eigenvalue weighted by molar-refractivity contribution is 7.10. The molecule has 1 fully saturated rings. The minimum absolute atomic E-state index is 0.0605. The van der Waals surface area contributed by atoms with E-state index in [-0.39, 0.29) is 24.7 Å². The molecule has 0 bridgehead atoms. The number of carbonyl (C=O) groups excluding carboxylic acids is 2. The molecule has 2 aliphatic rings. The van der Waals surface area contributed by atoms with Gasteiger partial charge in [0.15, 0.2) is 11.5 Å². The molecule has 31 heavy (non-hydrogen) atoms. The van der Waals surface area contributed by atoms with Gasteiger partial charge < -0.3 is 19.5 Å². The molecule has 3 aromatic rings. The van der Waals surface area contributed by atoms with Crippen molar-refractivity contribution in [2.75, 3.05) is 6.79 Å². The number of Topliss-reactive ketones (excluding diaryl/α,β-unsaturated/α-hetero) is 1. The third-order valence-corrected chi connectivity index (χ3v) is 6.47. The maximum atomic E-state index is 13.1. The summed E-state index contributed by atoms with van der Waals surface area (Å²) >= 11 is 1.45. The SMILES string of the molecule is Cc1ccsc1C1/C(=C(/O)c2ccc3c(c2)OCO3)C(=O)C(=O)N1Cc1ccccn1. The van der Waals surface area contributed by atoms with Crippen LogP contribution in [0.1, 0.15) is 27.7 Å². The number of likely N-dealkylation sites (tertiary alicyclic amines) is 1. The van der Waals surface area contributed by atoms with E-state index >= 15 is 0 Å². The number of hydrogen-bond acceptors (Lipinski definition) is 7. The highest BCUT2D eigenvalue weighted by Crippen LogP contribution is 2.44. The summed E-state index contributed by atoms with van der Waals surface area (Å²) in [5.74, 6) is -0.568. The average molecular weight is 434 g/mol. The van der Waals surface area contributed by atoms with E-state index in [9.17, 15) is 14.7 Å². The summed E-state index contributed by atoms with van der Waals surface area (Å²) in [6.45, 7) is 2.18. The first-order valence-corrected chi connectivity index (χ1v) is 10.5. The zero-order valence-electron chi connectivity index (χ0n) is 16.6. The number of hydrogen-bond donors (Lipinski definition) is 1. The number of ether oxygens (including phenoxy) is 2. The molecule has 2 aromatic heterocycles. The van der Waals surface area contributed by atoms with E-state index in [1.807, 2.05) is 24.4 Å². The van der Waals surface area contributed by atoms with Crippen molar-refractivity contribution >= 4 is 28.8 Å². The summed E-state index contributed by atoms with van der Waals surface area (Å²) in [6.07, 6.45) is 1.64. The van der Waals surface area contributed by atoms with Gasteiger partial charge in [-0.1, -0.05) is 6.07 Å². The molecule has 2 aliphatic heterocycles. The highest BCUT2D eigenvalue weighted by Gasteiger charge is 2.47. The number of fused-ring (bicyclic) bond motifs is 1. The van der Waals surface area contributed by atoms with E-state index in [0.29, 0.717) is 22.8 Å². The van der Waals surface area contributed by atoms with Crippen LogP contribution in [0.4, 0.5) is 0 Å².